The Balaban J connectivity index is 1.66. The molecule has 0 aliphatic heterocycles. The molecule has 1 aliphatic carbocycles. The lowest BCUT2D eigenvalue weighted by molar-refractivity contribution is 0.768. The van der Waals surface area contributed by atoms with E-state index in [-0.39, 0.29) is 0 Å². The molecule has 1 aliphatic rings. The smallest absolute Gasteiger partial charge is 0.148 e. The van der Waals surface area contributed by atoms with E-state index in [2.05, 4.69) is 34.7 Å². The molecule has 0 bridgehead atoms. The van der Waals surface area contributed by atoms with Gasteiger partial charge in [0.2, 0.25) is 0 Å². The Hall–Kier alpha value is -1.77. The lowest BCUT2D eigenvalue weighted by Crippen LogP contribution is -2.01. The third kappa shape index (κ3) is 2.49. The quantitative estimate of drug-likeness (QED) is 0.870. The first-order chi connectivity index (χ1) is 8.31. The van der Waals surface area contributed by atoms with Crippen molar-refractivity contribution in [1.29, 1.82) is 0 Å². The molecule has 17 heavy (non-hydrogen) atoms. The number of hydrogen-bond acceptors (Lipinski definition) is 2. The predicted molar refractivity (Wildman–Crippen MR) is 69.0 cm³/mol. The zero-order chi connectivity index (χ0) is 11.7. The van der Waals surface area contributed by atoms with Gasteiger partial charge in [-0.1, -0.05) is 24.3 Å². The standard InChI is InChI=1S/C14H17N3/c1-17-8-7-14(16-17)15-10-11-3-2-4-13(9-11)12-5-6-12/h2-4,7-9,12H,5-6,10H2,1H3,(H,15,16). The van der Waals surface area contributed by atoms with Crippen LogP contribution in [0.4, 0.5) is 5.82 Å². The fraction of sp³-hybridized carbons (Fsp3) is 0.357. The molecule has 1 fully saturated rings. The van der Waals surface area contributed by atoms with E-state index in [0.29, 0.717) is 0 Å². The maximum atomic E-state index is 4.30. The van der Waals surface area contributed by atoms with Gasteiger partial charge in [-0.25, -0.2) is 0 Å². The van der Waals surface area contributed by atoms with Crippen LogP contribution in [0.25, 0.3) is 0 Å². The normalized spacial score (nSPS) is 14.9. The van der Waals surface area contributed by atoms with Gasteiger partial charge in [0.1, 0.15) is 5.82 Å². The molecule has 0 atom stereocenters. The Morgan fingerprint density at radius 3 is 2.94 bits per heavy atom. The summed E-state index contributed by atoms with van der Waals surface area (Å²) in [6, 6.07) is 10.9. The van der Waals surface area contributed by atoms with E-state index in [0.717, 1.165) is 18.3 Å². The Kier molecular flexibility index (Phi) is 2.59. The summed E-state index contributed by atoms with van der Waals surface area (Å²) in [5.74, 6) is 1.76. The summed E-state index contributed by atoms with van der Waals surface area (Å²) in [5.41, 5.74) is 2.82. The van der Waals surface area contributed by atoms with Crippen LogP contribution in [-0.4, -0.2) is 9.78 Å². The molecule has 0 unspecified atom stereocenters. The molecule has 88 valence electrons. The molecule has 1 aromatic heterocycles. The number of aromatic nitrogens is 2. The number of nitrogens with one attached hydrogen (secondary N) is 1. The van der Waals surface area contributed by atoms with Crippen LogP contribution < -0.4 is 5.32 Å². The van der Waals surface area contributed by atoms with E-state index >= 15 is 0 Å². The maximum Gasteiger partial charge on any atom is 0.148 e. The molecule has 0 amide bonds. The van der Waals surface area contributed by atoms with Crippen LogP contribution in [0.15, 0.2) is 36.5 Å². The zero-order valence-corrected chi connectivity index (χ0v) is 10.1. The third-order valence-corrected chi connectivity index (χ3v) is 3.19. The van der Waals surface area contributed by atoms with E-state index < -0.39 is 0 Å². The first-order valence-corrected chi connectivity index (χ1v) is 6.13. The lowest BCUT2D eigenvalue weighted by Gasteiger charge is -2.05. The van der Waals surface area contributed by atoms with Crippen molar-refractivity contribution in [3.8, 4) is 0 Å². The predicted octanol–water partition coefficient (Wildman–Crippen LogP) is 2.91. The van der Waals surface area contributed by atoms with Crippen molar-refractivity contribution < 1.29 is 0 Å². The fourth-order valence-corrected chi connectivity index (χ4v) is 2.08. The molecular weight excluding hydrogens is 210 g/mol. The van der Waals surface area contributed by atoms with Crippen molar-refractivity contribution in [2.45, 2.75) is 25.3 Å². The highest BCUT2D eigenvalue weighted by Crippen LogP contribution is 2.40. The molecule has 1 saturated carbocycles. The molecule has 3 rings (SSSR count). The van der Waals surface area contributed by atoms with E-state index in [1.807, 2.05) is 24.0 Å². The van der Waals surface area contributed by atoms with Gasteiger partial charge in [-0.3, -0.25) is 4.68 Å². The van der Waals surface area contributed by atoms with Gasteiger partial charge in [-0.2, -0.15) is 5.10 Å². The zero-order valence-electron chi connectivity index (χ0n) is 10.1. The van der Waals surface area contributed by atoms with E-state index in [4.69, 9.17) is 0 Å². The summed E-state index contributed by atoms with van der Waals surface area (Å²) in [6.07, 6.45) is 4.66. The minimum absolute atomic E-state index is 0.824. The Morgan fingerprint density at radius 2 is 2.24 bits per heavy atom. The summed E-state index contributed by atoms with van der Waals surface area (Å²) in [6.45, 7) is 0.845. The molecule has 0 spiro atoms. The van der Waals surface area contributed by atoms with Crippen molar-refractivity contribution in [3.63, 3.8) is 0 Å². The molecular formula is C14H17N3. The summed E-state index contributed by atoms with van der Waals surface area (Å²) >= 11 is 0. The first-order valence-electron chi connectivity index (χ1n) is 6.13. The third-order valence-electron chi connectivity index (χ3n) is 3.19. The monoisotopic (exact) mass is 227 g/mol. The van der Waals surface area contributed by atoms with E-state index in [9.17, 15) is 0 Å². The van der Waals surface area contributed by atoms with Gasteiger partial charge in [-0.15, -0.1) is 0 Å². The van der Waals surface area contributed by atoms with Gasteiger partial charge < -0.3 is 5.32 Å². The van der Waals surface area contributed by atoms with E-state index in [1.165, 1.54) is 24.0 Å². The Labute approximate surface area is 101 Å². The average Bonchev–Trinajstić information content (AvgIpc) is 3.11. The van der Waals surface area contributed by atoms with Crippen LogP contribution >= 0.6 is 0 Å². The van der Waals surface area contributed by atoms with Gasteiger partial charge in [-0.05, 0) is 29.9 Å². The summed E-state index contributed by atoms with van der Waals surface area (Å²) in [7, 11) is 1.93. The highest BCUT2D eigenvalue weighted by molar-refractivity contribution is 5.35. The van der Waals surface area contributed by atoms with Gasteiger partial charge in [0.15, 0.2) is 0 Å². The average molecular weight is 227 g/mol. The molecule has 3 heteroatoms. The highest BCUT2D eigenvalue weighted by atomic mass is 15.3. The molecule has 2 aromatic rings. The molecule has 1 heterocycles. The van der Waals surface area contributed by atoms with Crippen LogP contribution in [0.5, 0.6) is 0 Å². The van der Waals surface area contributed by atoms with Gasteiger partial charge in [0.05, 0.1) is 0 Å². The minimum Gasteiger partial charge on any atom is -0.365 e. The highest BCUT2D eigenvalue weighted by Gasteiger charge is 2.23. The van der Waals surface area contributed by atoms with Crippen LogP contribution in [0.1, 0.15) is 29.9 Å². The SMILES string of the molecule is Cn1ccc(NCc2cccc(C3CC3)c2)n1. The van der Waals surface area contributed by atoms with Crippen molar-refractivity contribution in [2.75, 3.05) is 5.32 Å². The number of anilines is 1. The summed E-state index contributed by atoms with van der Waals surface area (Å²) in [4.78, 5) is 0. The molecule has 3 nitrogen and oxygen atoms in total. The van der Waals surface area contributed by atoms with Gasteiger partial charge >= 0.3 is 0 Å². The fourth-order valence-electron chi connectivity index (χ4n) is 2.08. The van der Waals surface area contributed by atoms with Gasteiger partial charge in [0.25, 0.3) is 0 Å². The largest absolute Gasteiger partial charge is 0.365 e. The van der Waals surface area contributed by atoms with Crippen LogP contribution in [0.2, 0.25) is 0 Å². The molecule has 1 N–H and O–H groups in total. The van der Waals surface area contributed by atoms with Crippen LogP contribution in [-0.2, 0) is 13.6 Å². The second kappa shape index (κ2) is 4.24. The molecule has 0 radical (unpaired) electrons. The van der Waals surface area contributed by atoms with Gasteiger partial charge in [0, 0.05) is 25.9 Å². The Morgan fingerprint density at radius 1 is 1.35 bits per heavy atom. The summed E-state index contributed by atoms with van der Waals surface area (Å²) in [5, 5.41) is 7.64. The summed E-state index contributed by atoms with van der Waals surface area (Å²) < 4.78 is 1.81. The second-order valence-electron chi connectivity index (χ2n) is 4.75. The van der Waals surface area contributed by atoms with Crippen molar-refractivity contribution >= 4 is 5.82 Å². The van der Waals surface area contributed by atoms with Crippen molar-refractivity contribution in [1.82, 2.24) is 9.78 Å². The maximum absolute atomic E-state index is 4.30. The second-order valence-corrected chi connectivity index (χ2v) is 4.75. The minimum atomic E-state index is 0.824. The van der Waals surface area contributed by atoms with Crippen molar-refractivity contribution in [2.24, 2.45) is 7.05 Å². The van der Waals surface area contributed by atoms with Crippen molar-refractivity contribution in [3.05, 3.63) is 47.7 Å². The topological polar surface area (TPSA) is 29.9 Å². The number of aryl methyl sites for hydroxylation is 1. The molecule has 1 aromatic carbocycles. The number of rotatable bonds is 4. The van der Waals surface area contributed by atoms with E-state index in [1.54, 1.807) is 0 Å². The number of hydrogen-bond donors (Lipinski definition) is 1. The lowest BCUT2D eigenvalue weighted by atomic mass is 10.1. The number of nitrogens with zero attached hydrogens (tertiary/aromatic N) is 2. The number of benzene rings is 1. The first kappa shape index (κ1) is 10.4. The Bertz CT molecular complexity index is 512. The van der Waals surface area contributed by atoms with Crippen LogP contribution in [0.3, 0.4) is 0 Å². The van der Waals surface area contributed by atoms with Crippen LogP contribution in [0, 0.1) is 0 Å². The molecule has 0 saturated heterocycles.